The summed E-state index contributed by atoms with van der Waals surface area (Å²) in [5.74, 6) is 0.295. The molecule has 1 amide bonds. The number of benzene rings is 2. The molecule has 0 saturated carbocycles. The minimum atomic E-state index is -2.99. The normalized spacial score (nSPS) is 19.8. The van der Waals surface area contributed by atoms with Crippen LogP contribution in [0.25, 0.3) is 10.8 Å². The average molecular weight is 331 g/mol. The molecule has 1 unspecified atom stereocenters. The molecule has 1 aliphatic heterocycles. The van der Waals surface area contributed by atoms with E-state index in [-0.39, 0.29) is 23.5 Å². The Morgan fingerprint density at radius 1 is 1.17 bits per heavy atom. The van der Waals surface area contributed by atoms with E-state index in [1.165, 1.54) is 0 Å². The first kappa shape index (κ1) is 16.0. The molecular formula is C18H21NO3S. The summed E-state index contributed by atoms with van der Waals surface area (Å²) in [6, 6.07) is 13.8. The molecule has 0 bridgehead atoms. The Kier molecular flexibility index (Phi) is 4.39. The number of sulfone groups is 1. The predicted molar refractivity (Wildman–Crippen MR) is 92.1 cm³/mol. The third-order valence-corrected chi connectivity index (χ3v) is 6.28. The van der Waals surface area contributed by atoms with Crippen LogP contribution in [0.15, 0.2) is 42.5 Å². The van der Waals surface area contributed by atoms with E-state index in [0.29, 0.717) is 19.4 Å². The summed E-state index contributed by atoms with van der Waals surface area (Å²) in [5.41, 5.74) is 0.993. The molecule has 0 spiro atoms. The van der Waals surface area contributed by atoms with Crippen LogP contribution in [0, 0.1) is 0 Å². The lowest BCUT2D eigenvalue weighted by Crippen LogP contribution is -2.41. The van der Waals surface area contributed by atoms with Crippen molar-refractivity contribution < 1.29 is 13.2 Å². The first-order chi connectivity index (χ1) is 11.0. The van der Waals surface area contributed by atoms with E-state index in [1.54, 1.807) is 4.90 Å². The number of carbonyl (C=O) groups is 1. The van der Waals surface area contributed by atoms with Gasteiger partial charge in [0.2, 0.25) is 5.91 Å². The largest absolute Gasteiger partial charge is 0.339 e. The molecule has 2 aromatic rings. The van der Waals surface area contributed by atoms with Gasteiger partial charge in [-0.15, -0.1) is 0 Å². The SMILES string of the molecule is CCN(C(=O)Cc1cccc2ccccc12)C1CCS(=O)(=O)C1. The zero-order valence-corrected chi connectivity index (χ0v) is 14.1. The summed E-state index contributed by atoms with van der Waals surface area (Å²) >= 11 is 0. The number of carbonyl (C=O) groups excluding carboxylic acids is 1. The molecular weight excluding hydrogens is 310 g/mol. The fourth-order valence-electron chi connectivity index (χ4n) is 3.37. The van der Waals surface area contributed by atoms with Gasteiger partial charge in [0, 0.05) is 12.6 Å². The van der Waals surface area contributed by atoms with E-state index in [9.17, 15) is 13.2 Å². The second kappa shape index (κ2) is 6.32. The van der Waals surface area contributed by atoms with Crippen LogP contribution in [-0.4, -0.2) is 43.3 Å². The highest BCUT2D eigenvalue weighted by Crippen LogP contribution is 2.22. The molecule has 23 heavy (non-hydrogen) atoms. The van der Waals surface area contributed by atoms with Gasteiger partial charge in [-0.05, 0) is 29.7 Å². The summed E-state index contributed by atoms with van der Waals surface area (Å²) in [7, 11) is -2.99. The summed E-state index contributed by atoms with van der Waals surface area (Å²) in [6.07, 6.45) is 0.864. The van der Waals surface area contributed by atoms with Crippen LogP contribution in [-0.2, 0) is 21.1 Å². The van der Waals surface area contributed by atoms with E-state index in [4.69, 9.17) is 0 Å². The highest BCUT2D eigenvalue weighted by atomic mass is 32.2. The molecule has 122 valence electrons. The van der Waals surface area contributed by atoms with Gasteiger partial charge in [-0.3, -0.25) is 4.79 Å². The van der Waals surface area contributed by atoms with Gasteiger partial charge >= 0.3 is 0 Å². The molecule has 1 aliphatic rings. The third kappa shape index (κ3) is 3.39. The maximum Gasteiger partial charge on any atom is 0.227 e. The van der Waals surface area contributed by atoms with Gasteiger partial charge < -0.3 is 4.90 Å². The third-order valence-electron chi connectivity index (χ3n) is 4.53. The van der Waals surface area contributed by atoms with E-state index < -0.39 is 9.84 Å². The topological polar surface area (TPSA) is 54.5 Å². The number of hydrogen-bond donors (Lipinski definition) is 0. The average Bonchev–Trinajstić information content (AvgIpc) is 2.88. The quantitative estimate of drug-likeness (QED) is 0.864. The first-order valence-corrected chi connectivity index (χ1v) is 9.79. The Morgan fingerprint density at radius 2 is 1.91 bits per heavy atom. The van der Waals surface area contributed by atoms with Crippen molar-refractivity contribution in [3.8, 4) is 0 Å². The van der Waals surface area contributed by atoms with Gasteiger partial charge in [0.15, 0.2) is 9.84 Å². The summed E-state index contributed by atoms with van der Waals surface area (Å²) in [5, 5.41) is 2.20. The number of amides is 1. The lowest BCUT2D eigenvalue weighted by molar-refractivity contribution is -0.132. The molecule has 1 heterocycles. The van der Waals surface area contributed by atoms with Crippen LogP contribution in [0.1, 0.15) is 18.9 Å². The number of hydrogen-bond acceptors (Lipinski definition) is 3. The number of likely N-dealkylation sites (N-methyl/N-ethyl adjacent to an activating group) is 1. The molecule has 2 aromatic carbocycles. The Labute approximate surface area is 137 Å². The minimum Gasteiger partial charge on any atom is -0.339 e. The predicted octanol–water partition coefficient (Wildman–Crippen LogP) is 2.42. The van der Waals surface area contributed by atoms with E-state index in [2.05, 4.69) is 0 Å². The van der Waals surface area contributed by atoms with Crippen molar-refractivity contribution >= 4 is 26.5 Å². The Hall–Kier alpha value is -1.88. The molecule has 0 N–H and O–H groups in total. The molecule has 5 heteroatoms. The van der Waals surface area contributed by atoms with Crippen LogP contribution >= 0.6 is 0 Å². The minimum absolute atomic E-state index is 0.00551. The van der Waals surface area contributed by atoms with Crippen molar-refractivity contribution in [3.63, 3.8) is 0 Å². The van der Waals surface area contributed by atoms with Gasteiger partial charge in [0.25, 0.3) is 0 Å². The van der Waals surface area contributed by atoms with E-state index in [1.807, 2.05) is 49.4 Å². The van der Waals surface area contributed by atoms with Crippen molar-refractivity contribution in [2.45, 2.75) is 25.8 Å². The monoisotopic (exact) mass is 331 g/mol. The van der Waals surface area contributed by atoms with Crippen LogP contribution in [0.4, 0.5) is 0 Å². The Bertz CT molecular complexity index is 824. The van der Waals surface area contributed by atoms with Crippen LogP contribution < -0.4 is 0 Å². The van der Waals surface area contributed by atoms with Gasteiger partial charge in [-0.2, -0.15) is 0 Å². The maximum absolute atomic E-state index is 12.7. The first-order valence-electron chi connectivity index (χ1n) is 7.96. The molecule has 4 nitrogen and oxygen atoms in total. The number of nitrogens with zero attached hydrogens (tertiary/aromatic N) is 1. The van der Waals surface area contributed by atoms with Crippen molar-refractivity contribution in [1.82, 2.24) is 4.90 Å². The van der Waals surface area contributed by atoms with Crippen molar-refractivity contribution in [3.05, 3.63) is 48.0 Å². The second-order valence-corrected chi connectivity index (χ2v) is 8.28. The van der Waals surface area contributed by atoms with E-state index >= 15 is 0 Å². The zero-order valence-electron chi connectivity index (χ0n) is 13.2. The van der Waals surface area contributed by atoms with Gasteiger partial charge in [-0.1, -0.05) is 42.5 Å². The molecule has 0 radical (unpaired) electrons. The molecule has 0 aromatic heterocycles. The zero-order chi connectivity index (χ0) is 16.4. The molecule has 3 rings (SSSR count). The number of fused-ring (bicyclic) bond motifs is 1. The Morgan fingerprint density at radius 3 is 2.61 bits per heavy atom. The molecule has 1 atom stereocenters. The van der Waals surface area contributed by atoms with Gasteiger partial charge in [-0.25, -0.2) is 8.42 Å². The fourth-order valence-corrected chi connectivity index (χ4v) is 5.10. The fraction of sp³-hybridized carbons (Fsp3) is 0.389. The van der Waals surface area contributed by atoms with Crippen molar-refractivity contribution in [1.29, 1.82) is 0 Å². The van der Waals surface area contributed by atoms with Crippen LogP contribution in [0.2, 0.25) is 0 Å². The van der Waals surface area contributed by atoms with E-state index in [0.717, 1.165) is 16.3 Å². The lowest BCUT2D eigenvalue weighted by Gasteiger charge is -2.27. The smallest absolute Gasteiger partial charge is 0.227 e. The van der Waals surface area contributed by atoms with Gasteiger partial charge in [0.05, 0.1) is 17.9 Å². The van der Waals surface area contributed by atoms with Crippen molar-refractivity contribution in [2.24, 2.45) is 0 Å². The summed E-state index contributed by atoms with van der Waals surface area (Å²) in [6.45, 7) is 2.45. The highest BCUT2D eigenvalue weighted by molar-refractivity contribution is 7.91. The molecule has 1 saturated heterocycles. The lowest BCUT2D eigenvalue weighted by atomic mass is 10.0. The maximum atomic E-state index is 12.7. The van der Waals surface area contributed by atoms with Crippen molar-refractivity contribution in [2.75, 3.05) is 18.1 Å². The van der Waals surface area contributed by atoms with Crippen LogP contribution in [0.3, 0.4) is 0 Å². The number of rotatable bonds is 4. The Balaban J connectivity index is 1.82. The highest BCUT2D eigenvalue weighted by Gasteiger charge is 2.33. The summed E-state index contributed by atoms with van der Waals surface area (Å²) in [4.78, 5) is 14.4. The molecule has 0 aliphatic carbocycles. The summed E-state index contributed by atoms with van der Waals surface area (Å²) < 4.78 is 23.4. The van der Waals surface area contributed by atoms with Crippen LogP contribution in [0.5, 0.6) is 0 Å². The second-order valence-electron chi connectivity index (χ2n) is 6.05. The molecule has 1 fully saturated rings. The van der Waals surface area contributed by atoms with Gasteiger partial charge in [0.1, 0.15) is 0 Å². The standard InChI is InChI=1S/C18H21NO3S/c1-2-19(16-10-11-23(21,22)13-16)18(20)12-15-8-5-7-14-6-3-4-9-17(14)15/h3-9,16H,2,10-13H2,1H3.